The number of benzene rings is 1. The topological polar surface area (TPSA) is 84.3 Å². The minimum absolute atomic E-state index is 0.0769. The van der Waals surface area contributed by atoms with Gasteiger partial charge in [0.05, 0.1) is 19.5 Å². The van der Waals surface area contributed by atoms with Gasteiger partial charge in [0.15, 0.2) is 5.69 Å². The molecule has 0 unspecified atom stereocenters. The number of methoxy groups -OCH3 is 1. The second-order valence-corrected chi connectivity index (χ2v) is 3.80. The van der Waals surface area contributed by atoms with Crippen LogP contribution in [0, 0.1) is 0 Å². The third-order valence-electron chi connectivity index (χ3n) is 2.48. The molecule has 0 bridgehead atoms. The quantitative estimate of drug-likeness (QED) is 0.851. The van der Waals surface area contributed by atoms with Crippen molar-refractivity contribution in [3.63, 3.8) is 0 Å². The summed E-state index contributed by atoms with van der Waals surface area (Å²) in [5, 5.41) is 11.8. The molecule has 0 spiro atoms. The Bertz CT molecular complexity index is 570. The molecule has 0 aliphatic carbocycles. The minimum Gasteiger partial charge on any atom is -0.497 e. The number of carboxylic acid groups (broad SMARTS) is 1. The zero-order valence-corrected chi connectivity index (χ0v) is 10.3. The molecule has 2 aromatic rings. The van der Waals surface area contributed by atoms with Crippen LogP contribution in [0.15, 0.2) is 36.7 Å². The molecule has 1 aromatic carbocycles. The normalized spacial score (nSPS) is 9.95. The Labute approximate surface area is 110 Å². The van der Waals surface area contributed by atoms with E-state index in [0.29, 0.717) is 12.4 Å². The molecule has 98 valence electrons. The molecular formula is C13H13N3O3. The molecule has 0 aliphatic rings. The fourth-order valence-corrected chi connectivity index (χ4v) is 1.50. The van der Waals surface area contributed by atoms with Gasteiger partial charge in [-0.3, -0.25) is 0 Å². The lowest BCUT2D eigenvalue weighted by molar-refractivity contribution is 0.0690. The molecular weight excluding hydrogens is 246 g/mol. The van der Waals surface area contributed by atoms with Crippen LogP contribution in [0.5, 0.6) is 5.75 Å². The van der Waals surface area contributed by atoms with E-state index in [9.17, 15) is 4.79 Å². The second-order valence-electron chi connectivity index (χ2n) is 3.80. The smallest absolute Gasteiger partial charge is 0.356 e. The monoisotopic (exact) mass is 259 g/mol. The minimum atomic E-state index is -1.09. The summed E-state index contributed by atoms with van der Waals surface area (Å²) in [6.07, 6.45) is 2.61. The molecule has 0 saturated heterocycles. The first-order valence-corrected chi connectivity index (χ1v) is 5.61. The molecule has 6 heteroatoms. The predicted molar refractivity (Wildman–Crippen MR) is 69.3 cm³/mol. The fraction of sp³-hybridized carbons (Fsp3) is 0.154. The van der Waals surface area contributed by atoms with E-state index < -0.39 is 5.97 Å². The maximum Gasteiger partial charge on any atom is 0.356 e. The SMILES string of the molecule is COc1cccc(CNc2cnc(C(=O)O)cn2)c1. The molecule has 0 radical (unpaired) electrons. The van der Waals surface area contributed by atoms with Gasteiger partial charge in [-0.05, 0) is 17.7 Å². The number of aromatic carboxylic acids is 1. The largest absolute Gasteiger partial charge is 0.497 e. The van der Waals surface area contributed by atoms with Crippen molar-refractivity contribution in [3.8, 4) is 5.75 Å². The third-order valence-corrected chi connectivity index (χ3v) is 2.48. The van der Waals surface area contributed by atoms with E-state index in [1.54, 1.807) is 7.11 Å². The van der Waals surface area contributed by atoms with Gasteiger partial charge in [0.25, 0.3) is 0 Å². The van der Waals surface area contributed by atoms with Crippen LogP contribution in [0.25, 0.3) is 0 Å². The Morgan fingerprint density at radius 3 is 2.84 bits per heavy atom. The third kappa shape index (κ3) is 3.41. The summed E-state index contributed by atoms with van der Waals surface area (Å²) in [6, 6.07) is 7.63. The number of anilines is 1. The van der Waals surface area contributed by atoms with Crippen molar-refractivity contribution in [2.75, 3.05) is 12.4 Å². The molecule has 1 heterocycles. The van der Waals surface area contributed by atoms with Crippen LogP contribution in [0.2, 0.25) is 0 Å². The van der Waals surface area contributed by atoms with E-state index in [-0.39, 0.29) is 5.69 Å². The van der Waals surface area contributed by atoms with E-state index in [0.717, 1.165) is 11.3 Å². The first-order chi connectivity index (χ1) is 9.19. The summed E-state index contributed by atoms with van der Waals surface area (Å²) in [5.74, 6) is 0.214. The van der Waals surface area contributed by atoms with Gasteiger partial charge in [-0.25, -0.2) is 14.8 Å². The highest BCUT2D eigenvalue weighted by Gasteiger charge is 2.04. The lowest BCUT2D eigenvalue weighted by Crippen LogP contribution is -2.05. The number of carbonyl (C=O) groups is 1. The lowest BCUT2D eigenvalue weighted by Gasteiger charge is -2.07. The average molecular weight is 259 g/mol. The highest BCUT2D eigenvalue weighted by atomic mass is 16.5. The van der Waals surface area contributed by atoms with Gasteiger partial charge >= 0.3 is 5.97 Å². The summed E-state index contributed by atoms with van der Waals surface area (Å²) in [7, 11) is 1.61. The van der Waals surface area contributed by atoms with E-state index in [4.69, 9.17) is 9.84 Å². The van der Waals surface area contributed by atoms with Gasteiger partial charge in [-0.2, -0.15) is 0 Å². The van der Waals surface area contributed by atoms with Crippen molar-refractivity contribution >= 4 is 11.8 Å². The van der Waals surface area contributed by atoms with Crippen LogP contribution in [0.1, 0.15) is 16.1 Å². The van der Waals surface area contributed by atoms with E-state index >= 15 is 0 Å². The Kier molecular flexibility index (Phi) is 3.92. The Hall–Kier alpha value is -2.63. The first kappa shape index (κ1) is 12.8. The van der Waals surface area contributed by atoms with Crippen LogP contribution >= 0.6 is 0 Å². The molecule has 0 amide bonds. The summed E-state index contributed by atoms with van der Waals surface area (Å²) >= 11 is 0. The summed E-state index contributed by atoms with van der Waals surface area (Å²) in [6.45, 7) is 0.554. The van der Waals surface area contributed by atoms with Crippen LogP contribution in [0.4, 0.5) is 5.82 Å². The fourth-order valence-electron chi connectivity index (χ4n) is 1.50. The summed E-state index contributed by atoms with van der Waals surface area (Å²) in [4.78, 5) is 18.4. The van der Waals surface area contributed by atoms with Crippen LogP contribution in [0.3, 0.4) is 0 Å². The van der Waals surface area contributed by atoms with Crippen LogP contribution in [-0.4, -0.2) is 28.2 Å². The van der Waals surface area contributed by atoms with E-state index in [1.807, 2.05) is 24.3 Å². The molecule has 0 aliphatic heterocycles. The number of hydrogen-bond donors (Lipinski definition) is 2. The lowest BCUT2D eigenvalue weighted by atomic mass is 10.2. The van der Waals surface area contributed by atoms with Gasteiger partial charge in [0.2, 0.25) is 0 Å². The summed E-state index contributed by atoms with van der Waals surface area (Å²) in [5.41, 5.74) is 0.954. The van der Waals surface area contributed by atoms with Crippen molar-refractivity contribution in [3.05, 3.63) is 47.9 Å². The van der Waals surface area contributed by atoms with Gasteiger partial charge in [0.1, 0.15) is 11.6 Å². The van der Waals surface area contributed by atoms with E-state index in [1.165, 1.54) is 12.4 Å². The molecule has 0 saturated carbocycles. The Morgan fingerprint density at radius 2 is 2.21 bits per heavy atom. The Morgan fingerprint density at radius 1 is 1.37 bits per heavy atom. The number of hydrogen-bond acceptors (Lipinski definition) is 5. The highest BCUT2D eigenvalue weighted by Crippen LogP contribution is 2.13. The first-order valence-electron chi connectivity index (χ1n) is 5.61. The molecule has 6 nitrogen and oxygen atoms in total. The zero-order chi connectivity index (χ0) is 13.7. The van der Waals surface area contributed by atoms with Crippen molar-refractivity contribution in [1.29, 1.82) is 0 Å². The average Bonchev–Trinajstić information content (AvgIpc) is 2.46. The Balaban J connectivity index is 1.99. The van der Waals surface area contributed by atoms with Gasteiger partial charge in [-0.15, -0.1) is 0 Å². The van der Waals surface area contributed by atoms with Crippen LogP contribution < -0.4 is 10.1 Å². The van der Waals surface area contributed by atoms with Gasteiger partial charge in [-0.1, -0.05) is 12.1 Å². The van der Waals surface area contributed by atoms with Crippen molar-refractivity contribution in [1.82, 2.24) is 9.97 Å². The number of rotatable bonds is 5. The molecule has 0 atom stereocenters. The van der Waals surface area contributed by atoms with Crippen molar-refractivity contribution in [2.45, 2.75) is 6.54 Å². The zero-order valence-electron chi connectivity index (χ0n) is 10.3. The molecule has 1 aromatic heterocycles. The number of nitrogens with zero attached hydrogens (tertiary/aromatic N) is 2. The number of nitrogens with one attached hydrogen (secondary N) is 1. The number of carboxylic acids is 1. The predicted octanol–water partition coefficient (Wildman–Crippen LogP) is 1.80. The maximum absolute atomic E-state index is 10.6. The van der Waals surface area contributed by atoms with Gasteiger partial charge < -0.3 is 15.2 Å². The number of aromatic nitrogens is 2. The number of ether oxygens (including phenoxy) is 1. The molecule has 19 heavy (non-hydrogen) atoms. The summed E-state index contributed by atoms with van der Waals surface area (Å²) < 4.78 is 5.13. The van der Waals surface area contributed by atoms with E-state index in [2.05, 4.69) is 15.3 Å². The highest BCUT2D eigenvalue weighted by molar-refractivity contribution is 5.84. The van der Waals surface area contributed by atoms with Crippen molar-refractivity contribution in [2.24, 2.45) is 0 Å². The standard InChI is InChI=1S/C13H13N3O3/c1-19-10-4-2-3-9(5-10)6-15-12-8-14-11(7-16-12)13(17)18/h2-5,7-8H,6H2,1H3,(H,15,16)(H,17,18). The molecule has 2 N–H and O–H groups in total. The molecule has 2 rings (SSSR count). The molecule has 0 fully saturated rings. The second kappa shape index (κ2) is 5.81. The van der Waals surface area contributed by atoms with Crippen molar-refractivity contribution < 1.29 is 14.6 Å². The van der Waals surface area contributed by atoms with Gasteiger partial charge in [0, 0.05) is 6.54 Å². The maximum atomic E-state index is 10.6. The van der Waals surface area contributed by atoms with Crippen LogP contribution in [-0.2, 0) is 6.54 Å².